The average Bonchev–Trinajstić information content (AvgIpc) is 2.61. The fourth-order valence-electron chi connectivity index (χ4n) is 1.49. The Morgan fingerprint density at radius 3 is 2.79 bits per heavy atom. The van der Waals surface area contributed by atoms with Gasteiger partial charge in [0.2, 0.25) is 0 Å². The third-order valence-corrected chi connectivity index (χ3v) is 2.37. The molecule has 2 aromatic rings. The molecule has 1 aromatic heterocycles. The maximum absolute atomic E-state index is 9.03. The molecule has 0 aliphatic rings. The van der Waals surface area contributed by atoms with E-state index in [0.717, 1.165) is 16.6 Å². The van der Waals surface area contributed by atoms with E-state index in [-0.39, 0.29) is 0 Å². The quantitative estimate of drug-likeness (QED) is 0.741. The molecule has 0 aliphatic heterocycles. The number of hydrogen-bond acceptors (Lipinski definition) is 2. The Labute approximate surface area is 82.4 Å². The van der Waals surface area contributed by atoms with Gasteiger partial charge < -0.3 is 0 Å². The molecular formula is C11H11N3. The number of benzene rings is 1. The van der Waals surface area contributed by atoms with Crippen molar-refractivity contribution in [1.82, 2.24) is 10.2 Å². The third kappa shape index (κ3) is 1.16. The molecule has 0 unspecified atom stereocenters. The lowest BCUT2D eigenvalue weighted by molar-refractivity contribution is 0.661. The van der Waals surface area contributed by atoms with Crippen molar-refractivity contribution in [3.8, 4) is 6.07 Å². The molecule has 0 amide bonds. The highest BCUT2D eigenvalue weighted by Crippen LogP contribution is 2.27. The molecule has 0 bridgehead atoms. The number of hydrogen-bond donors (Lipinski definition) is 1. The van der Waals surface area contributed by atoms with E-state index in [9.17, 15) is 0 Å². The van der Waals surface area contributed by atoms with Crippen LogP contribution in [0.3, 0.4) is 0 Å². The Morgan fingerprint density at radius 2 is 2.07 bits per heavy atom. The summed E-state index contributed by atoms with van der Waals surface area (Å²) in [4.78, 5) is 0. The van der Waals surface area contributed by atoms with E-state index in [1.807, 2.05) is 38.1 Å². The minimum absolute atomic E-state index is 0.518. The largest absolute Gasteiger partial charge is 0.280 e. The van der Waals surface area contributed by atoms with E-state index in [0.29, 0.717) is 0 Å². The summed E-state index contributed by atoms with van der Waals surface area (Å²) in [5.41, 5.74) is 1.28. The molecule has 0 saturated carbocycles. The second kappa shape index (κ2) is 2.85. The Morgan fingerprint density at radius 1 is 1.36 bits per heavy atom. The number of nitrogens with one attached hydrogen (secondary N) is 1. The second-order valence-corrected chi connectivity index (χ2v) is 3.85. The van der Waals surface area contributed by atoms with Gasteiger partial charge in [-0.25, -0.2) is 0 Å². The summed E-state index contributed by atoms with van der Waals surface area (Å²) in [6.45, 7) is 3.76. The fraction of sp³-hybridized carbons (Fsp3) is 0.273. The summed E-state index contributed by atoms with van der Waals surface area (Å²) in [6, 6.07) is 10.1. The van der Waals surface area contributed by atoms with E-state index < -0.39 is 5.41 Å². The molecule has 1 aromatic carbocycles. The van der Waals surface area contributed by atoms with Gasteiger partial charge in [0.05, 0.1) is 22.7 Å². The van der Waals surface area contributed by atoms with Crippen LogP contribution in [0.25, 0.3) is 10.9 Å². The van der Waals surface area contributed by atoms with Crippen LogP contribution in [0.15, 0.2) is 24.3 Å². The molecule has 1 N–H and O–H groups in total. The van der Waals surface area contributed by atoms with Crippen molar-refractivity contribution < 1.29 is 0 Å². The van der Waals surface area contributed by atoms with Crippen molar-refractivity contribution in [2.75, 3.05) is 0 Å². The van der Waals surface area contributed by atoms with Crippen LogP contribution < -0.4 is 0 Å². The first-order chi connectivity index (χ1) is 6.65. The highest BCUT2D eigenvalue weighted by Gasteiger charge is 2.24. The fourth-order valence-corrected chi connectivity index (χ4v) is 1.49. The van der Waals surface area contributed by atoms with Crippen LogP contribution in [0.5, 0.6) is 0 Å². The summed E-state index contributed by atoms with van der Waals surface area (Å²) in [7, 11) is 0. The Kier molecular flexibility index (Phi) is 1.78. The zero-order valence-corrected chi connectivity index (χ0v) is 8.20. The van der Waals surface area contributed by atoms with Crippen molar-refractivity contribution in [1.29, 1.82) is 5.26 Å². The van der Waals surface area contributed by atoms with Crippen LogP contribution in [-0.4, -0.2) is 10.2 Å². The van der Waals surface area contributed by atoms with E-state index in [4.69, 9.17) is 5.26 Å². The van der Waals surface area contributed by atoms with E-state index in [1.54, 1.807) is 0 Å². The van der Waals surface area contributed by atoms with Crippen molar-refractivity contribution in [3.63, 3.8) is 0 Å². The van der Waals surface area contributed by atoms with Crippen LogP contribution in [-0.2, 0) is 5.41 Å². The van der Waals surface area contributed by atoms with Crippen LogP contribution in [0.4, 0.5) is 0 Å². The number of para-hydroxylation sites is 1. The molecule has 2 rings (SSSR count). The summed E-state index contributed by atoms with van der Waals surface area (Å²) in [5.74, 6) is 0. The minimum atomic E-state index is -0.518. The lowest BCUT2D eigenvalue weighted by Gasteiger charge is -2.12. The normalized spacial score (nSPS) is 11.5. The van der Waals surface area contributed by atoms with Crippen molar-refractivity contribution in [3.05, 3.63) is 30.0 Å². The Hall–Kier alpha value is -1.82. The molecule has 0 aliphatic carbocycles. The van der Waals surface area contributed by atoms with E-state index in [2.05, 4.69) is 16.3 Å². The lowest BCUT2D eigenvalue weighted by atomic mass is 9.89. The molecule has 0 spiro atoms. The number of fused-ring (bicyclic) bond motifs is 1. The summed E-state index contributed by atoms with van der Waals surface area (Å²) in [5, 5.41) is 17.1. The average molecular weight is 185 g/mol. The molecular weight excluding hydrogens is 174 g/mol. The van der Waals surface area contributed by atoms with Crippen LogP contribution >= 0.6 is 0 Å². The number of aromatic amines is 1. The smallest absolute Gasteiger partial charge is 0.0937 e. The molecule has 1 heterocycles. The SMILES string of the molecule is CC(C)(C#N)c1[nH]nc2ccccc12. The van der Waals surface area contributed by atoms with Crippen molar-refractivity contribution in [2.24, 2.45) is 0 Å². The van der Waals surface area contributed by atoms with Gasteiger partial charge in [0, 0.05) is 5.39 Å². The summed E-state index contributed by atoms with van der Waals surface area (Å²) in [6.07, 6.45) is 0. The van der Waals surface area contributed by atoms with Gasteiger partial charge in [-0.1, -0.05) is 18.2 Å². The lowest BCUT2D eigenvalue weighted by Crippen LogP contribution is -2.14. The zero-order valence-electron chi connectivity index (χ0n) is 8.20. The van der Waals surface area contributed by atoms with E-state index in [1.165, 1.54) is 0 Å². The summed E-state index contributed by atoms with van der Waals surface area (Å²) < 4.78 is 0. The van der Waals surface area contributed by atoms with Crippen molar-refractivity contribution >= 4 is 10.9 Å². The topological polar surface area (TPSA) is 52.5 Å². The van der Waals surface area contributed by atoms with Gasteiger partial charge in [-0.05, 0) is 19.9 Å². The van der Waals surface area contributed by atoms with Gasteiger partial charge in [-0.2, -0.15) is 10.4 Å². The maximum atomic E-state index is 9.03. The number of aromatic nitrogens is 2. The van der Waals surface area contributed by atoms with Gasteiger partial charge in [0.25, 0.3) is 0 Å². The van der Waals surface area contributed by atoms with Crippen LogP contribution in [0.1, 0.15) is 19.5 Å². The predicted octanol–water partition coefficient (Wildman–Crippen LogP) is 2.36. The van der Waals surface area contributed by atoms with Crippen LogP contribution in [0, 0.1) is 11.3 Å². The molecule has 3 nitrogen and oxygen atoms in total. The molecule has 0 atom stereocenters. The standard InChI is InChI=1S/C11H11N3/c1-11(2,7-12)10-8-5-3-4-6-9(8)13-14-10/h3-6H,1-2H3,(H,13,14). The molecule has 0 saturated heterocycles. The second-order valence-electron chi connectivity index (χ2n) is 3.85. The number of H-pyrrole nitrogens is 1. The monoisotopic (exact) mass is 185 g/mol. The first-order valence-electron chi connectivity index (χ1n) is 4.50. The molecule has 0 radical (unpaired) electrons. The Bertz CT molecular complexity index is 502. The van der Waals surface area contributed by atoms with Gasteiger partial charge in [-0.15, -0.1) is 0 Å². The van der Waals surface area contributed by atoms with Gasteiger partial charge in [0.15, 0.2) is 0 Å². The van der Waals surface area contributed by atoms with Crippen molar-refractivity contribution in [2.45, 2.75) is 19.3 Å². The predicted molar refractivity (Wildman–Crippen MR) is 54.7 cm³/mol. The first kappa shape index (κ1) is 8.76. The maximum Gasteiger partial charge on any atom is 0.0937 e. The van der Waals surface area contributed by atoms with Gasteiger partial charge in [0.1, 0.15) is 0 Å². The first-order valence-corrected chi connectivity index (χ1v) is 4.50. The van der Waals surface area contributed by atoms with Crippen LogP contribution in [0.2, 0.25) is 0 Å². The van der Waals surface area contributed by atoms with Gasteiger partial charge >= 0.3 is 0 Å². The molecule has 3 heteroatoms. The highest BCUT2D eigenvalue weighted by atomic mass is 15.1. The summed E-state index contributed by atoms with van der Waals surface area (Å²) >= 11 is 0. The Balaban J connectivity index is 2.72. The van der Waals surface area contributed by atoms with E-state index >= 15 is 0 Å². The minimum Gasteiger partial charge on any atom is -0.280 e. The molecule has 0 fully saturated rings. The number of rotatable bonds is 1. The zero-order chi connectivity index (χ0) is 10.2. The van der Waals surface area contributed by atoms with Gasteiger partial charge in [-0.3, -0.25) is 5.10 Å². The molecule has 70 valence electrons. The highest BCUT2D eigenvalue weighted by molar-refractivity contribution is 5.82. The molecule has 14 heavy (non-hydrogen) atoms. The number of nitriles is 1. The number of nitrogens with zero attached hydrogens (tertiary/aromatic N) is 2. The third-order valence-electron chi connectivity index (χ3n) is 2.37.